The summed E-state index contributed by atoms with van der Waals surface area (Å²) in [6, 6.07) is 10.1. The van der Waals surface area contributed by atoms with E-state index in [4.69, 9.17) is 14.2 Å². The van der Waals surface area contributed by atoms with Gasteiger partial charge >= 0.3 is 5.97 Å². The molecule has 1 aliphatic rings. The molecule has 166 valence electrons. The highest BCUT2D eigenvalue weighted by molar-refractivity contribution is 7.98. The number of aryl methyl sites for hydroxylation is 1. The molecule has 1 aromatic carbocycles. The molecule has 31 heavy (non-hydrogen) atoms. The number of hydrogen-bond donors (Lipinski definition) is 0. The average molecular weight is 445 g/mol. The van der Waals surface area contributed by atoms with Crippen molar-refractivity contribution in [2.24, 2.45) is 0 Å². The molecule has 1 aliphatic heterocycles. The van der Waals surface area contributed by atoms with Gasteiger partial charge in [0, 0.05) is 30.7 Å². The Balaban J connectivity index is 1.39. The van der Waals surface area contributed by atoms with Gasteiger partial charge in [-0.25, -0.2) is 4.79 Å². The van der Waals surface area contributed by atoms with Crippen molar-refractivity contribution < 1.29 is 23.8 Å². The van der Waals surface area contributed by atoms with Gasteiger partial charge in [0.15, 0.2) is 0 Å². The molecule has 0 saturated carbocycles. The van der Waals surface area contributed by atoms with E-state index < -0.39 is 5.97 Å². The number of hydrogen-bond acceptors (Lipinski definition) is 7. The number of carbonyl (C=O) groups excluding carboxylic acids is 2. The largest absolute Gasteiger partial charge is 0.489 e. The third-order valence-corrected chi connectivity index (χ3v) is 5.94. The molecule has 3 rings (SSSR count). The lowest BCUT2D eigenvalue weighted by Gasteiger charge is -2.33. The van der Waals surface area contributed by atoms with E-state index in [1.807, 2.05) is 4.90 Å². The number of ether oxygens (including phenoxy) is 3. The third kappa shape index (κ3) is 7.25. The van der Waals surface area contributed by atoms with Gasteiger partial charge in [-0.1, -0.05) is 29.8 Å². The maximum absolute atomic E-state index is 12.6. The molecular weight excluding hydrogens is 416 g/mol. The first-order chi connectivity index (χ1) is 15.0. The van der Waals surface area contributed by atoms with Crippen molar-refractivity contribution >= 4 is 23.6 Å². The first-order valence-electron chi connectivity index (χ1n) is 10.2. The summed E-state index contributed by atoms with van der Waals surface area (Å²) in [4.78, 5) is 30.0. The topological polar surface area (TPSA) is 78.0 Å². The van der Waals surface area contributed by atoms with Crippen LogP contribution in [0.4, 0.5) is 0 Å². The Morgan fingerprint density at radius 3 is 2.84 bits per heavy atom. The third-order valence-electron chi connectivity index (χ3n) is 4.91. The Labute approximate surface area is 187 Å². The molecule has 0 spiro atoms. The number of amides is 1. The summed E-state index contributed by atoms with van der Waals surface area (Å²) in [5.74, 6) is 1.83. The van der Waals surface area contributed by atoms with Crippen LogP contribution >= 0.6 is 11.8 Å². The molecule has 2 aromatic rings. The number of aromatic nitrogens is 1. The van der Waals surface area contributed by atoms with Crippen molar-refractivity contribution in [2.75, 3.05) is 39.2 Å². The van der Waals surface area contributed by atoms with Gasteiger partial charge in [0.25, 0.3) is 0 Å². The van der Waals surface area contributed by atoms with E-state index in [1.165, 1.54) is 30.6 Å². The summed E-state index contributed by atoms with van der Waals surface area (Å²) < 4.78 is 16.2. The minimum absolute atomic E-state index is 0.138. The number of carbonyl (C=O) groups is 2. The average Bonchev–Trinajstić information content (AvgIpc) is 2.81. The monoisotopic (exact) mass is 444 g/mol. The van der Waals surface area contributed by atoms with Gasteiger partial charge in [-0.05, 0) is 18.6 Å². The normalized spacial score (nSPS) is 16.1. The number of morpholine rings is 1. The SMILES string of the molecule is COC(=O)c1cncc(OCC2CN(C(=O)CCSCc3ccc(C)cc3)CCO2)c1. The molecule has 1 unspecified atom stereocenters. The van der Waals surface area contributed by atoms with Crippen molar-refractivity contribution in [1.82, 2.24) is 9.88 Å². The van der Waals surface area contributed by atoms with Gasteiger partial charge in [-0.2, -0.15) is 11.8 Å². The first kappa shape index (κ1) is 23.1. The lowest BCUT2D eigenvalue weighted by Crippen LogP contribution is -2.47. The van der Waals surface area contributed by atoms with Crippen LogP contribution in [0.3, 0.4) is 0 Å². The number of rotatable bonds is 9. The minimum atomic E-state index is -0.469. The van der Waals surface area contributed by atoms with Gasteiger partial charge in [0.1, 0.15) is 18.5 Å². The lowest BCUT2D eigenvalue weighted by atomic mass is 10.2. The number of pyridine rings is 1. The molecule has 0 N–H and O–H groups in total. The Morgan fingerprint density at radius 1 is 1.26 bits per heavy atom. The van der Waals surface area contributed by atoms with Gasteiger partial charge in [0.05, 0.1) is 32.0 Å². The Morgan fingerprint density at radius 2 is 2.06 bits per heavy atom. The van der Waals surface area contributed by atoms with Crippen molar-refractivity contribution in [3.05, 3.63) is 59.4 Å². The lowest BCUT2D eigenvalue weighted by molar-refractivity contribution is -0.139. The predicted molar refractivity (Wildman–Crippen MR) is 119 cm³/mol. The fourth-order valence-electron chi connectivity index (χ4n) is 3.16. The van der Waals surface area contributed by atoms with Gasteiger partial charge in [0.2, 0.25) is 5.91 Å². The Bertz CT molecular complexity index is 875. The highest BCUT2D eigenvalue weighted by Gasteiger charge is 2.24. The molecule has 2 heterocycles. The van der Waals surface area contributed by atoms with Crippen LogP contribution in [0.2, 0.25) is 0 Å². The van der Waals surface area contributed by atoms with Crippen LogP contribution < -0.4 is 4.74 Å². The summed E-state index contributed by atoms with van der Waals surface area (Å²) in [6.07, 6.45) is 3.24. The minimum Gasteiger partial charge on any atom is -0.489 e. The van der Waals surface area contributed by atoms with Gasteiger partial charge < -0.3 is 19.1 Å². The summed E-state index contributed by atoms with van der Waals surface area (Å²) >= 11 is 1.77. The molecule has 0 radical (unpaired) electrons. The van der Waals surface area contributed by atoms with Crippen molar-refractivity contribution in [3.63, 3.8) is 0 Å². The fourth-order valence-corrected chi connectivity index (χ4v) is 4.05. The zero-order valence-corrected chi connectivity index (χ0v) is 18.7. The quantitative estimate of drug-likeness (QED) is 0.434. The summed E-state index contributed by atoms with van der Waals surface area (Å²) in [5.41, 5.74) is 2.85. The molecular formula is C23H28N2O5S. The van der Waals surface area contributed by atoms with E-state index >= 15 is 0 Å². The van der Waals surface area contributed by atoms with Crippen LogP contribution in [0, 0.1) is 6.92 Å². The van der Waals surface area contributed by atoms with Crippen molar-refractivity contribution in [1.29, 1.82) is 0 Å². The van der Waals surface area contributed by atoms with E-state index in [2.05, 4.69) is 36.2 Å². The van der Waals surface area contributed by atoms with E-state index in [0.29, 0.717) is 37.4 Å². The summed E-state index contributed by atoms with van der Waals surface area (Å²) in [7, 11) is 1.32. The first-order valence-corrected chi connectivity index (χ1v) is 11.4. The number of nitrogens with zero attached hydrogens (tertiary/aromatic N) is 2. The molecule has 8 heteroatoms. The zero-order chi connectivity index (χ0) is 22.1. The predicted octanol–water partition coefficient (Wildman–Crippen LogP) is 3.11. The molecule has 1 amide bonds. The van der Waals surface area contributed by atoms with E-state index in [-0.39, 0.29) is 18.6 Å². The molecule has 1 atom stereocenters. The smallest absolute Gasteiger partial charge is 0.339 e. The van der Waals surface area contributed by atoms with E-state index in [1.54, 1.807) is 17.8 Å². The molecule has 7 nitrogen and oxygen atoms in total. The summed E-state index contributed by atoms with van der Waals surface area (Å²) in [6.45, 7) is 3.92. The summed E-state index contributed by atoms with van der Waals surface area (Å²) in [5, 5.41) is 0. The van der Waals surface area contributed by atoms with Gasteiger partial charge in [-0.15, -0.1) is 0 Å². The van der Waals surface area contributed by atoms with E-state index in [9.17, 15) is 9.59 Å². The van der Waals surface area contributed by atoms with Crippen LogP contribution in [-0.4, -0.2) is 67.0 Å². The number of thioether (sulfide) groups is 1. The molecule has 1 fully saturated rings. The second kappa shape index (κ2) is 11.7. The number of benzene rings is 1. The van der Waals surface area contributed by atoms with Crippen LogP contribution in [-0.2, 0) is 20.0 Å². The molecule has 1 saturated heterocycles. The fraction of sp³-hybridized carbons (Fsp3) is 0.435. The highest BCUT2D eigenvalue weighted by Crippen LogP contribution is 2.17. The molecule has 0 bridgehead atoms. The number of esters is 1. The van der Waals surface area contributed by atoms with Crippen LogP contribution in [0.1, 0.15) is 27.9 Å². The van der Waals surface area contributed by atoms with Crippen molar-refractivity contribution in [3.8, 4) is 5.75 Å². The van der Waals surface area contributed by atoms with Gasteiger partial charge in [-0.3, -0.25) is 9.78 Å². The Hall–Kier alpha value is -2.58. The van der Waals surface area contributed by atoms with Crippen molar-refractivity contribution in [2.45, 2.75) is 25.2 Å². The van der Waals surface area contributed by atoms with Crippen LogP contribution in [0.25, 0.3) is 0 Å². The maximum Gasteiger partial charge on any atom is 0.339 e. The highest BCUT2D eigenvalue weighted by atomic mass is 32.2. The van der Waals surface area contributed by atoms with Crippen LogP contribution in [0.15, 0.2) is 42.7 Å². The van der Waals surface area contributed by atoms with E-state index in [0.717, 1.165) is 11.5 Å². The Kier molecular flexibility index (Phi) is 8.73. The second-order valence-electron chi connectivity index (χ2n) is 7.33. The molecule has 1 aromatic heterocycles. The van der Waals surface area contributed by atoms with Crippen LogP contribution in [0.5, 0.6) is 5.75 Å². The maximum atomic E-state index is 12.6. The standard InChI is InChI=1S/C23H28N2O5S/c1-17-3-5-18(6-4-17)16-31-10-7-22(26)25-8-9-29-21(14-25)15-30-20-11-19(12-24-13-20)23(27)28-2/h3-6,11-13,21H,7-10,14-16H2,1-2H3. The number of methoxy groups -OCH3 is 1. The molecule has 0 aliphatic carbocycles. The second-order valence-corrected chi connectivity index (χ2v) is 8.44. The zero-order valence-electron chi connectivity index (χ0n) is 17.9.